The molecule has 1 saturated carbocycles. The maximum Gasteiger partial charge on any atom is 0.416 e. The number of aliphatic imine (C=N–C) groups is 1. The lowest BCUT2D eigenvalue weighted by Gasteiger charge is -2.43. The molecule has 1 aliphatic heterocycles. The predicted molar refractivity (Wildman–Crippen MR) is 79.9 cm³/mol. The first-order valence-corrected chi connectivity index (χ1v) is 7.62. The van der Waals surface area contributed by atoms with Gasteiger partial charge < -0.3 is 10.6 Å². The maximum absolute atomic E-state index is 12.9. The van der Waals surface area contributed by atoms with Gasteiger partial charge >= 0.3 is 6.18 Å². The summed E-state index contributed by atoms with van der Waals surface area (Å²) in [6, 6.07) is 6.06. The number of benzene rings is 1. The quantitative estimate of drug-likeness (QED) is 0.900. The molecule has 0 saturated heterocycles. The number of hydrogen-bond acceptors (Lipinski definition) is 3. The molecule has 2 N–H and O–H groups in total. The molecule has 2 aliphatic rings. The van der Waals surface area contributed by atoms with Gasteiger partial charge in [-0.1, -0.05) is 24.6 Å². The molecule has 0 spiro atoms. The molecule has 6 heteroatoms. The molecule has 1 aliphatic carbocycles. The molecule has 1 aromatic carbocycles. The molecule has 1 unspecified atom stereocenters. The Labute approximate surface area is 128 Å². The third-order valence-corrected chi connectivity index (χ3v) is 4.61. The van der Waals surface area contributed by atoms with Gasteiger partial charge in [0.15, 0.2) is 5.96 Å². The van der Waals surface area contributed by atoms with E-state index in [-0.39, 0.29) is 5.41 Å². The van der Waals surface area contributed by atoms with Gasteiger partial charge in [-0.3, -0.25) is 4.99 Å². The molecule has 0 radical (unpaired) electrons. The molecule has 1 fully saturated rings. The Morgan fingerprint density at radius 1 is 1.36 bits per heavy atom. The Bertz CT molecular complexity index is 576. The Balaban J connectivity index is 1.75. The van der Waals surface area contributed by atoms with Crippen LogP contribution in [0.3, 0.4) is 0 Å². The van der Waals surface area contributed by atoms with Crippen molar-refractivity contribution in [3.63, 3.8) is 0 Å². The fourth-order valence-corrected chi connectivity index (χ4v) is 3.11. The van der Waals surface area contributed by atoms with Crippen molar-refractivity contribution in [3.8, 4) is 0 Å². The Hall–Kier alpha value is -1.72. The van der Waals surface area contributed by atoms with Crippen LogP contribution < -0.4 is 10.6 Å². The molecule has 3 nitrogen and oxygen atoms in total. The van der Waals surface area contributed by atoms with Crippen LogP contribution in [0.2, 0.25) is 0 Å². The number of nitrogens with zero attached hydrogens (tertiary/aromatic N) is 1. The monoisotopic (exact) mass is 311 g/mol. The number of halogens is 3. The second-order valence-electron chi connectivity index (χ2n) is 6.30. The van der Waals surface area contributed by atoms with Crippen LogP contribution in [-0.2, 0) is 11.6 Å². The molecule has 120 valence electrons. The van der Waals surface area contributed by atoms with Gasteiger partial charge in [-0.05, 0) is 31.4 Å². The minimum Gasteiger partial charge on any atom is -0.356 e. The first kappa shape index (κ1) is 15.2. The zero-order valence-corrected chi connectivity index (χ0v) is 12.5. The van der Waals surface area contributed by atoms with Crippen LogP contribution in [0.4, 0.5) is 13.2 Å². The van der Waals surface area contributed by atoms with Crippen LogP contribution in [0.25, 0.3) is 0 Å². The second kappa shape index (κ2) is 5.48. The van der Waals surface area contributed by atoms with E-state index in [2.05, 4.69) is 15.6 Å². The largest absolute Gasteiger partial charge is 0.416 e. The van der Waals surface area contributed by atoms with Crippen molar-refractivity contribution in [1.82, 2.24) is 10.6 Å². The summed E-state index contributed by atoms with van der Waals surface area (Å²) in [5.74, 6) is 0.755. The second-order valence-corrected chi connectivity index (χ2v) is 6.30. The zero-order chi connectivity index (χ0) is 15.8. The summed E-state index contributed by atoms with van der Waals surface area (Å²) in [5, 5.41) is 6.49. The van der Waals surface area contributed by atoms with Crippen LogP contribution in [0.5, 0.6) is 0 Å². The molecule has 1 aromatic rings. The van der Waals surface area contributed by atoms with Crippen LogP contribution in [-0.4, -0.2) is 25.1 Å². The van der Waals surface area contributed by atoms with Crippen molar-refractivity contribution in [2.24, 2.45) is 4.99 Å². The zero-order valence-electron chi connectivity index (χ0n) is 12.5. The maximum atomic E-state index is 12.9. The fourth-order valence-electron chi connectivity index (χ4n) is 3.11. The predicted octanol–water partition coefficient (Wildman–Crippen LogP) is 3.06. The fraction of sp³-hybridized carbons (Fsp3) is 0.562. The third-order valence-electron chi connectivity index (χ3n) is 4.61. The standard InChI is InChI=1S/C16H20F3N3/c1-11-9-20-14(22-11)21-10-15(6-3-7-15)12-4-2-5-13(8-12)16(17,18)19/h2,4-5,8,11H,3,6-7,9-10H2,1H3,(H2,20,21,22). The highest BCUT2D eigenvalue weighted by atomic mass is 19.4. The highest BCUT2D eigenvalue weighted by Crippen LogP contribution is 2.44. The number of nitrogens with one attached hydrogen (secondary N) is 2. The molecule has 22 heavy (non-hydrogen) atoms. The number of guanidine groups is 1. The molecule has 0 bridgehead atoms. The lowest BCUT2D eigenvalue weighted by Crippen LogP contribution is -2.48. The van der Waals surface area contributed by atoms with E-state index in [0.717, 1.165) is 43.4 Å². The van der Waals surface area contributed by atoms with Crippen molar-refractivity contribution in [1.29, 1.82) is 0 Å². The van der Waals surface area contributed by atoms with Crippen molar-refractivity contribution < 1.29 is 13.2 Å². The van der Waals surface area contributed by atoms with Crippen molar-refractivity contribution in [2.75, 3.05) is 13.1 Å². The molecule has 3 rings (SSSR count). The van der Waals surface area contributed by atoms with Crippen LogP contribution in [0.1, 0.15) is 37.3 Å². The molecule has 0 amide bonds. The smallest absolute Gasteiger partial charge is 0.356 e. The van der Waals surface area contributed by atoms with E-state index in [9.17, 15) is 13.2 Å². The van der Waals surface area contributed by atoms with E-state index in [1.807, 2.05) is 13.0 Å². The van der Waals surface area contributed by atoms with E-state index in [0.29, 0.717) is 12.6 Å². The summed E-state index contributed by atoms with van der Waals surface area (Å²) < 4.78 is 38.7. The van der Waals surface area contributed by atoms with Crippen molar-refractivity contribution >= 4 is 5.96 Å². The van der Waals surface area contributed by atoms with Crippen LogP contribution in [0, 0.1) is 0 Å². The minimum atomic E-state index is -4.29. The first-order valence-electron chi connectivity index (χ1n) is 7.62. The van der Waals surface area contributed by atoms with E-state index < -0.39 is 11.7 Å². The minimum absolute atomic E-state index is 0.211. The topological polar surface area (TPSA) is 36.4 Å². The lowest BCUT2D eigenvalue weighted by molar-refractivity contribution is -0.137. The van der Waals surface area contributed by atoms with E-state index in [4.69, 9.17) is 0 Å². The molecular formula is C16H20F3N3. The van der Waals surface area contributed by atoms with Gasteiger partial charge in [0.05, 0.1) is 12.1 Å². The van der Waals surface area contributed by atoms with Crippen LogP contribution in [0.15, 0.2) is 29.3 Å². The molecule has 1 atom stereocenters. The highest BCUT2D eigenvalue weighted by Gasteiger charge is 2.40. The van der Waals surface area contributed by atoms with E-state index in [1.165, 1.54) is 12.1 Å². The Morgan fingerprint density at radius 3 is 2.68 bits per heavy atom. The van der Waals surface area contributed by atoms with Gasteiger partial charge in [-0.2, -0.15) is 13.2 Å². The summed E-state index contributed by atoms with van der Waals surface area (Å²) in [7, 11) is 0. The van der Waals surface area contributed by atoms with Gasteiger partial charge in [0, 0.05) is 18.0 Å². The average molecular weight is 311 g/mol. The van der Waals surface area contributed by atoms with Gasteiger partial charge in [0.1, 0.15) is 0 Å². The Kier molecular flexibility index (Phi) is 3.78. The summed E-state index contributed by atoms with van der Waals surface area (Å²) in [6.45, 7) is 3.40. The highest BCUT2D eigenvalue weighted by molar-refractivity contribution is 5.81. The normalized spacial score (nSPS) is 23.5. The molecule has 1 heterocycles. The summed E-state index contributed by atoms with van der Waals surface area (Å²) >= 11 is 0. The van der Waals surface area contributed by atoms with Gasteiger partial charge in [-0.15, -0.1) is 0 Å². The number of rotatable bonds is 3. The summed E-state index contributed by atoms with van der Waals surface area (Å²) in [4.78, 5) is 4.34. The van der Waals surface area contributed by atoms with Crippen molar-refractivity contribution in [3.05, 3.63) is 35.4 Å². The first-order chi connectivity index (χ1) is 10.4. The van der Waals surface area contributed by atoms with Gasteiger partial charge in [0.2, 0.25) is 0 Å². The summed E-state index contributed by atoms with van der Waals surface area (Å²) in [5.41, 5.74) is -0.00829. The Morgan fingerprint density at radius 2 is 2.14 bits per heavy atom. The van der Waals surface area contributed by atoms with Crippen molar-refractivity contribution in [2.45, 2.75) is 43.8 Å². The van der Waals surface area contributed by atoms with Gasteiger partial charge in [-0.25, -0.2) is 0 Å². The third kappa shape index (κ3) is 2.91. The number of alkyl halides is 3. The summed E-state index contributed by atoms with van der Waals surface area (Å²) in [6.07, 6.45) is -1.43. The van der Waals surface area contributed by atoms with E-state index in [1.54, 1.807) is 0 Å². The van der Waals surface area contributed by atoms with Gasteiger partial charge in [0.25, 0.3) is 0 Å². The van der Waals surface area contributed by atoms with Crippen LogP contribution >= 0.6 is 0 Å². The van der Waals surface area contributed by atoms with E-state index >= 15 is 0 Å². The lowest BCUT2D eigenvalue weighted by atomic mass is 9.64. The SMILES string of the molecule is CC1CN=C(NCC2(c3cccc(C(F)(F)F)c3)CCC2)N1. The molecule has 0 aromatic heterocycles. The number of hydrogen-bond donors (Lipinski definition) is 2. The average Bonchev–Trinajstić information content (AvgIpc) is 2.83. The molecular weight excluding hydrogens is 291 g/mol.